The van der Waals surface area contributed by atoms with Gasteiger partial charge in [0.2, 0.25) is 0 Å². The van der Waals surface area contributed by atoms with Crippen LogP contribution in [0.3, 0.4) is 0 Å². The van der Waals surface area contributed by atoms with Crippen LogP contribution in [0.4, 0.5) is 4.39 Å². The molecule has 1 nitrogen and oxygen atoms in total. The maximum atomic E-state index is 13.4. The Kier molecular flexibility index (Phi) is 3.78. The van der Waals surface area contributed by atoms with E-state index in [1.165, 1.54) is 6.07 Å². The normalized spacial score (nSPS) is 10.1. The van der Waals surface area contributed by atoms with Crippen molar-refractivity contribution >= 4 is 5.78 Å². The summed E-state index contributed by atoms with van der Waals surface area (Å²) in [5, 5.41) is 0. The predicted molar refractivity (Wildman–Crippen MR) is 59.5 cm³/mol. The van der Waals surface area contributed by atoms with Crippen LogP contribution in [0, 0.1) is 12.7 Å². The second kappa shape index (κ2) is 4.87. The summed E-state index contributed by atoms with van der Waals surface area (Å²) >= 11 is 0. The zero-order valence-corrected chi connectivity index (χ0v) is 9.14. The molecule has 0 N–H and O–H groups in total. The van der Waals surface area contributed by atoms with Gasteiger partial charge in [0, 0.05) is 6.42 Å². The minimum absolute atomic E-state index is 0.157. The zero-order chi connectivity index (χ0) is 11.4. The van der Waals surface area contributed by atoms with Crippen molar-refractivity contribution in [2.24, 2.45) is 0 Å². The van der Waals surface area contributed by atoms with Crippen LogP contribution < -0.4 is 0 Å². The van der Waals surface area contributed by atoms with Crippen molar-refractivity contribution in [1.29, 1.82) is 0 Å². The summed E-state index contributed by atoms with van der Waals surface area (Å²) in [6.07, 6.45) is 0.946. The number of benzene rings is 1. The van der Waals surface area contributed by atoms with Gasteiger partial charge in [-0.2, -0.15) is 0 Å². The van der Waals surface area contributed by atoms with Gasteiger partial charge in [0.05, 0.1) is 5.56 Å². The first-order valence-corrected chi connectivity index (χ1v) is 4.94. The summed E-state index contributed by atoms with van der Waals surface area (Å²) in [5.74, 6) is -0.586. The molecule has 0 fully saturated rings. The van der Waals surface area contributed by atoms with Crippen molar-refractivity contribution < 1.29 is 9.18 Å². The quantitative estimate of drug-likeness (QED) is 0.542. The third-order valence-electron chi connectivity index (χ3n) is 2.20. The first-order valence-electron chi connectivity index (χ1n) is 4.94. The van der Waals surface area contributed by atoms with E-state index in [0.717, 1.165) is 11.1 Å². The molecule has 1 rings (SSSR count). The lowest BCUT2D eigenvalue weighted by atomic mass is 10.0. The number of hydrogen-bond donors (Lipinski definition) is 0. The monoisotopic (exact) mass is 206 g/mol. The number of ketones is 1. The maximum Gasteiger partial charge on any atom is 0.166 e. The molecular weight excluding hydrogens is 191 g/mol. The SMILES string of the molecule is C=C(C)CCC(=O)c1ccc(C)cc1F. The van der Waals surface area contributed by atoms with E-state index >= 15 is 0 Å². The van der Waals surface area contributed by atoms with Crippen molar-refractivity contribution in [2.45, 2.75) is 26.7 Å². The third-order valence-corrected chi connectivity index (χ3v) is 2.20. The van der Waals surface area contributed by atoms with Gasteiger partial charge in [0.15, 0.2) is 5.78 Å². The van der Waals surface area contributed by atoms with E-state index < -0.39 is 5.82 Å². The van der Waals surface area contributed by atoms with Crippen LogP contribution in [0.5, 0.6) is 0 Å². The number of hydrogen-bond acceptors (Lipinski definition) is 1. The van der Waals surface area contributed by atoms with Crippen molar-refractivity contribution in [3.63, 3.8) is 0 Å². The molecule has 0 atom stereocenters. The summed E-state index contributed by atoms with van der Waals surface area (Å²) in [7, 11) is 0. The van der Waals surface area contributed by atoms with Crippen LogP contribution in [0.1, 0.15) is 35.7 Å². The van der Waals surface area contributed by atoms with Gasteiger partial charge in [-0.25, -0.2) is 4.39 Å². The zero-order valence-electron chi connectivity index (χ0n) is 9.14. The fraction of sp³-hybridized carbons (Fsp3) is 0.308. The van der Waals surface area contributed by atoms with Gasteiger partial charge in [-0.05, 0) is 38.0 Å². The molecule has 0 unspecified atom stereocenters. The molecule has 0 aromatic heterocycles. The van der Waals surface area contributed by atoms with Gasteiger partial charge < -0.3 is 0 Å². The minimum atomic E-state index is -0.429. The fourth-order valence-corrected chi connectivity index (χ4v) is 1.31. The minimum Gasteiger partial charge on any atom is -0.294 e. The van der Waals surface area contributed by atoms with E-state index in [0.29, 0.717) is 12.8 Å². The number of aryl methyl sites for hydroxylation is 1. The number of allylic oxidation sites excluding steroid dienone is 1. The molecule has 0 heterocycles. The second-order valence-electron chi connectivity index (χ2n) is 3.86. The average molecular weight is 206 g/mol. The first kappa shape index (κ1) is 11.6. The Morgan fingerprint density at radius 1 is 1.40 bits per heavy atom. The van der Waals surface area contributed by atoms with E-state index in [9.17, 15) is 9.18 Å². The largest absolute Gasteiger partial charge is 0.294 e. The summed E-state index contributed by atoms with van der Waals surface area (Å²) in [6, 6.07) is 4.68. The topological polar surface area (TPSA) is 17.1 Å². The van der Waals surface area contributed by atoms with Crippen molar-refractivity contribution in [3.8, 4) is 0 Å². The molecule has 0 aliphatic carbocycles. The molecule has 0 aliphatic heterocycles. The van der Waals surface area contributed by atoms with Crippen LogP contribution >= 0.6 is 0 Å². The lowest BCUT2D eigenvalue weighted by Gasteiger charge is -2.03. The Morgan fingerprint density at radius 3 is 2.60 bits per heavy atom. The van der Waals surface area contributed by atoms with Crippen LogP contribution in [0.2, 0.25) is 0 Å². The lowest BCUT2D eigenvalue weighted by Crippen LogP contribution is -2.02. The lowest BCUT2D eigenvalue weighted by molar-refractivity contribution is 0.0979. The van der Waals surface area contributed by atoms with Crippen LogP contribution in [-0.4, -0.2) is 5.78 Å². The number of halogens is 1. The molecule has 0 saturated carbocycles. The summed E-state index contributed by atoms with van der Waals surface area (Å²) in [4.78, 5) is 11.6. The Balaban J connectivity index is 2.78. The number of Topliss-reactive ketones (excluding diaryl/α,β-unsaturated/α-hetero) is 1. The molecule has 2 heteroatoms. The van der Waals surface area contributed by atoms with Gasteiger partial charge in [0.1, 0.15) is 5.82 Å². The molecule has 0 spiro atoms. The van der Waals surface area contributed by atoms with E-state index in [1.807, 2.05) is 6.92 Å². The standard InChI is InChI=1S/C13H15FO/c1-9(2)4-7-13(15)11-6-5-10(3)8-12(11)14/h5-6,8H,1,4,7H2,2-3H3. The molecular formula is C13H15FO. The van der Waals surface area contributed by atoms with Crippen molar-refractivity contribution in [1.82, 2.24) is 0 Å². The summed E-state index contributed by atoms with van der Waals surface area (Å²) < 4.78 is 13.4. The van der Waals surface area contributed by atoms with E-state index in [4.69, 9.17) is 0 Å². The molecule has 80 valence electrons. The van der Waals surface area contributed by atoms with Crippen LogP contribution in [0.15, 0.2) is 30.4 Å². The molecule has 0 amide bonds. The summed E-state index contributed by atoms with van der Waals surface area (Å²) in [5.41, 5.74) is 1.95. The fourth-order valence-electron chi connectivity index (χ4n) is 1.31. The number of rotatable bonds is 4. The average Bonchev–Trinajstić information content (AvgIpc) is 2.14. The molecule has 0 radical (unpaired) electrons. The summed E-state index contributed by atoms with van der Waals surface area (Å²) in [6.45, 7) is 7.37. The molecule has 0 bridgehead atoms. The Labute approximate surface area is 89.6 Å². The third kappa shape index (κ3) is 3.31. The molecule has 15 heavy (non-hydrogen) atoms. The molecule has 0 saturated heterocycles. The highest BCUT2D eigenvalue weighted by molar-refractivity contribution is 5.96. The van der Waals surface area contributed by atoms with Gasteiger partial charge in [-0.15, -0.1) is 6.58 Å². The number of carbonyl (C=O) groups is 1. The van der Waals surface area contributed by atoms with Gasteiger partial charge in [-0.1, -0.05) is 11.6 Å². The Morgan fingerprint density at radius 2 is 2.07 bits per heavy atom. The Bertz CT molecular complexity index is 394. The highest BCUT2D eigenvalue weighted by Crippen LogP contribution is 2.14. The first-order chi connectivity index (χ1) is 7.00. The predicted octanol–water partition coefficient (Wildman–Crippen LogP) is 3.67. The highest BCUT2D eigenvalue weighted by Gasteiger charge is 2.10. The van der Waals surface area contributed by atoms with Crippen molar-refractivity contribution in [2.75, 3.05) is 0 Å². The maximum absolute atomic E-state index is 13.4. The smallest absolute Gasteiger partial charge is 0.166 e. The second-order valence-corrected chi connectivity index (χ2v) is 3.86. The van der Waals surface area contributed by atoms with E-state index in [2.05, 4.69) is 6.58 Å². The molecule has 1 aromatic rings. The molecule has 1 aromatic carbocycles. The van der Waals surface area contributed by atoms with E-state index in [1.54, 1.807) is 19.1 Å². The Hall–Kier alpha value is -1.44. The van der Waals surface area contributed by atoms with Crippen LogP contribution in [-0.2, 0) is 0 Å². The number of carbonyl (C=O) groups excluding carboxylic acids is 1. The van der Waals surface area contributed by atoms with Crippen LogP contribution in [0.25, 0.3) is 0 Å². The highest BCUT2D eigenvalue weighted by atomic mass is 19.1. The van der Waals surface area contributed by atoms with Gasteiger partial charge >= 0.3 is 0 Å². The van der Waals surface area contributed by atoms with Crippen molar-refractivity contribution in [3.05, 3.63) is 47.3 Å². The van der Waals surface area contributed by atoms with Gasteiger partial charge in [-0.3, -0.25) is 4.79 Å². The molecule has 0 aliphatic rings. The van der Waals surface area contributed by atoms with E-state index in [-0.39, 0.29) is 11.3 Å². The van der Waals surface area contributed by atoms with Gasteiger partial charge in [0.25, 0.3) is 0 Å².